The van der Waals surface area contributed by atoms with Gasteiger partial charge < -0.3 is 9.84 Å². The van der Waals surface area contributed by atoms with Gasteiger partial charge in [0.25, 0.3) is 0 Å². The number of thiophene rings is 1. The molecule has 0 saturated heterocycles. The average molecular weight is 509 g/mol. The van der Waals surface area contributed by atoms with Crippen LogP contribution in [0.1, 0.15) is 89.9 Å². The van der Waals surface area contributed by atoms with E-state index >= 15 is 0 Å². The highest BCUT2D eigenvalue weighted by atomic mass is 32.1. The molecule has 1 aliphatic carbocycles. The Morgan fingerprint density at radius 1 is 1.19 bits per heavy atom. The molecule has 0 bridgehead atoms. The van der Waals surface area contributed by atoms with Crippen molar-refractivity contribution in [1.82, 2.24) is 9.97 Å². The molecule has 0 spiro atoms. The molecule has 2 aromatic rings. The fraction of sp³-hybridized carbons (Fsp3) is 0.567. The van der Waals surface area contributed by atoms with E-state index in [9.17, 15) is 9.90 Å². The Morgan fingerprint density at radius 2 is 1.94 bits per heavy atom. The number of allylic oxidation sites excluding steroid dienone is 3. The van der Waals surface area contributed by atoms with Gasteiger partial charge in [-0.05, 0) is 76.9 Å². The van der Waals surface area contributed by atoms with Crippen molar-refractivity contribution in [2.75, 3.05) is 0 Å². The first-order valence-electron chi connectivity index (χ1n) is 13.4. The summed E-state index contributed by atoms with van der Waals surface area (Å²) in [5.41, 5.74) is 1.69. The maximum Gasteiger partial charge on any atom is 0.164 e. The monoisotopic (exact) mass is 508 g/mol. The van der Waals surface area contributed by atoms with Gasteiger partial charge in [0, 0.05) is 58.1 Å². The molecule has 4 rings (SSSR count). The van der Waals surface area contributed by atoms with E-state index in [1.54, 1.807) is 18.5 Å². The zero-order chi connectivity index (χ0) is 25.9. The van der Waals surface area contributed by atoms with Crippen LogP contribution in [0.25, 0.3) is 11.4 Å². The Bertz CT molecular complexity index is 1110. The molecule has 0 aromatic carbocycles. The number of aliphatic hydroxyl groups is 1. The quantitative estimate of drug-likeness (QED) is 0.294. The van der Waals surface area contributed by atoms with Crippen molar-refractivity contribution in [3.63, 3.8) is 0 Å². The first-order valence-corrected chi connectivity index (χ1v) is 14.3. The highest BCUT2D eigenvalue weighted by Gasteiger charge is 2.35. The number of rotatable bonds is 8. The lowest BCUT2D eigenvalue weighted by Gasteiger charge is -2.35. The largest absolute Gasteiger partial charge is 0.466 e. The summed E-state index contributed by atoms with van der Waals surface area (Å²) < 4.78 is 6.39. The van der Waals surface area contributed by atoms with Crippen LogP contribution in [-0.2, 0) is 4.74 Å². The molecule has 4 unspecified atom stereocenters. The zero-order valence-electron chi connectivity index (χ0n) is 22.3. The predicted molar refractivity (Wildman–Crippen MR) is 145 cm³/mol. The van der Waals surface area contributed by atoms with E-state index in [4.69, 9.17) is 4.74 Å². The highest BCUT2D eigenvalue weighted by Crippen LogP contribution is 2.43. The molecular formula is C30H40N2O3S. The topological polar surface area (TPSA) is 72.3 Å². The van der Waals surface area contributed by atoms with Gasteiger partial charge >= 0.3 is 0 Å². The molecule has 1 saturated carbocycles. The number of hydrogen-bond acceptors (Lipinski definition) is 6. The van der Waals surface area contributed by atoms with Crippen LogP contribution in [0.2, 0.25) is 0 Å². The first-order chi connectivity index (χ1) is 17.2. The fourth-order valence-corrected chi connectivity index (χ4v) is 6.94. The first kappa shape index (κ1) is 26.7. The van der Waals surface area contributed by atoms with Gasteiger partial charge in [-0.3, -0.25) is 4.79 Å². The molecule has 5 nitrogen and oxygen atoms in total. The average Bonchev–Trinajstić information content (AvgIpc) is 3.26. The van der Waals surface area contributed by atoms with Crippen LogP contribution in [0.5, 0.6) is 0 Å². The Balaban J connectivity index is 1.45. The third-order valence-corrected chi connectivity index (χ3v) is 8.54. The third kappa shape index (κ3) is 6.15. The molecule has 0 amide bonds. The number of ether oxygens (including phenoxy) is 1. The lowest BCUT2D eigenvalue weighted by Crippen LogP contribution is -2.31. The zero-order valence-corrected chi connectivity index (χ0v) is 23.1. The van der Waals surface area contributed by atoms with Gasteiger partial charge in [0.2, 0.25) is 0 Å². The number of aromatic nitrogens is 2. The molecule has 1 N–H and O–H groups in total. The molecule has 194 valence electrons. The number of ketones is 1. The van der Waals surface area contributed by atoms with Crippen LogP contribution in [0, 0.1) is 23.7 Å². The van der Waals surface area contributed by atoms with Gasteiger partial charge in [-0.1, -0.05) is 20.3 Å². The van der Waals surface area contributed by atoms with E-state index in [0.29, 0.717) is 30.0 Å². The lowest BCUT2D eigenvalue weighted by molar-refractivity contribution is 0.0939. The second kappa shape index (κ2) is 11.4. The van der Waals surface area contributed by atoms with E-state index in [0.717, 1.165) is 60.3 Å². The van der Waals surface area contributed by atoms with E-state index in [1.165, 1.54) is 17.8 Å². The van der Waals surface area contributed by atoms with Crippen molar-refractivity contribution in [2.24, 2.45) is 23.7 Å². The molecule has 3 heterocycles. The van der Waals surface area contributed by atoms with Crippen molar-refractivity contribution >= 4 is 17.1 Å². The second-order valence-corrected chi connectivity index (χ2v) is 11.9. The van der Waals surface area contributed by atoms with Gasteiger partial charge in [-0.25, -0.2) is 9.97 Å². The molecule has 36 heavy (non-hydrogen) atoms. The molecular weight excluding hydrogens is 468 g/mol. The minimum Gasteiger partial charge on any atom is -0.466 e. The van der Waals surface area contributed by atoms with Crippen molar-refractivity contribution in [3.05, 3.63) is 58.0 Å². The normalized spacial score (nSPS) is 25.2. The minimum absolute atomic E-state index is 0.180. The Morgan fingerprint density at radius 3 is 2.64 bits per heavy atom. The summed E-state index contributed by atoms with van der Waals surface area (Å²) in [5.74, 6) is 4.40. The van der Waals surface area contributed by atoms with Crippen molar-refractivity contribution in [1.29, 1.82) is 0 Å². The van der Waals surface area contributed by atoms with Crippen LogP contribution < -0.4 is 0 Å². The summed E-state index contributed by atoms with van der Waals surface area (Å²) in [7, 11) is 0. The third-order valence-electron chi connectivity index (χ3n) is 7.80. The highest BCUT2D eigenvalue weighted by molar-refractivity contribution is 7.08. The molecule has 4 atom stereocenters. The SMILES string of the molecule is CCC1C=C(C2CCC(C)CC(CCC(=O)c3cscc3-c3ncccn3)C2)OC(C)=C1C(C)(C)O. The Labute approximate surface area is 219 Å². The maximum absolute atomic E-state index is 13.2. The van der Waals surface area contributed by atoms with Crippen LogP contribution in [-0.4, -0.2) is 26.5 Å². The molecule has 1 aliphatic heterocycles. The molecule has 2 aromatic heterocycles. The maximum atomic E-state index is 13.2. The standard InChI is InChI=1S/C30H40N2O3S/c1-6-22-16-27(35-20(3)28(22)30(4,5)34)23-10-8-19(2)14-21(15-23)9-11-26(33)24-17-36-18-25(24)29-31-12-7-13-32-29/h7,12-13,16-19,21-23,34H,6,8-11,14-15H2,1-5H3. The Kier molecular flexibility index (Phi) is 8.46. The summed E-state index contributed by atoms with van der Waals surface area (Å²) in [6.45, 7) is 10.2. The van der Waals surface area contributed by atoms with Crippen LogP contribution in [0.4, 0.5) is 0 Å². The predicted octanol–water partition coefficient (Wildman–Crippen LogP) is 7.60. The second-order valence-electron chi connectivity index (χ2n) is 11.2. The van der Waals surface area contributed by atoms with Gasteiger partial charge in [0.1, 0.15) is 11.5 Å². The van der Waals surface area contributed by atoms with Crippen molar-refractivity contribution in [3.8, 4) is 11.4 Å². The minimum atomic E-state index is -0.890. The van der Waals surface area contributed by atoms with E-state index < -0.39 is 5.60 Å². The van der Waals surface area contributed by atoms with Crippen molar-refractivity contribution < 1.29 is 14.6 Å². The van der Waals surface area contributed by atoms with Gasteiger partial charge in [-0.2, -0.15) is 11.3 Å². The Hall–Kier alpha value is -2.31. The number of carbonyl (C=O) groups excluding carboxylic acids is 1. The summed E-state index contributed by atoms with van der Waals surface area (Å²) in [5, 5.41) is 14.6. The number of nitrogens with zero attached hydrogens (tertiary/aromatic N) is 2. The summed E-state index contributed by atoms with van der Waals surface area (Å²) in [6.07, 6.45) is 12.5. The van der Waals surface area contributed by atoms with Crippen molar-refractivity contribution in [2.45, 2.75) is 85.2 Å². The summed E-state index contributed by atoms with van der Waals surface area (Å²) in [6, 6.07) is 1.79. The van der Waals surface area contributed by atoms with E-state index in [2.05, 4.69) is 29.9 Å². The smallest absolute Gasteiger partial charge is 0.164 e. The van der Waals surface area contributed by atoms with E-state index in [1.807, 2.05) is 31.5 Å². The number of hydrogen-bond donors (Lipinski definition) is 1. The van der Waals surface area contributed by atoms with E-state index in [-0.39, 0.29) is 11.7 Å². The molecule has 1 fully saturated rings. The number of carbonyl (C=O) groups is 1. The summed E-state index contributed by atoms with van der Waals surface area (Å²) in [4.78, 5) is 21.9. The van der Waals surface area contributed by atoms with Gasteiger partial charge in [-0.15, -0.1) is 0 Å². The fourth-order valence-electron chi connectivity index (χ4n) is 6.11. The van der Waals surface area contributed by atoms with Crippen LogP contribution in [0.15, 0.2) is 52.4 Å². The van der Waals surface area contributed by atoms with Crippen LogP contribution in [0.3, 0.4) is 0 Å². The molecule has 2 aliphatic rings. The molecule has 6 heteroatoms. The van der Waals surface area contributed by atoms with Gasteiger partial charge in [0.15, 0.2) is 11.6 Å². The number of Topliss-reactive ketones (excluding diaryl/α,β-unsaturated/α-hetero) is 1. The lowest BCUT2D eigenvalue weighted by atomic mass is 9.80. The van der Waals surface area contributed by atoms with Crippen LogP contribution >= 0.6 is 11.3 Å². The van der Waals surface area contributed by atoms with Gasteiger partial charge in [0.05, 0.1) is 5.60 Å². The molecule has 0 radical (unpaired) electrons. The summed E-state index contributed by atoms with van der Waals surface area (Å²) >= 11 is 1.53.